The van der Waals surface area contributed by atoms with Crippen molar-refractivity contribution in [2.75, 3.05) is 13.2 Å². The topological polar surface area (TPSA) is 105 Å². The van der Waals surface area contributed by atoms with Crippen LogP contribution in [0.15, 0.2) is 48.5 Å². The summed E-state index contributed by atoms with van der Waals surface area (Å²) in [6, 6.07) is 15.3. The third kappa shape index (κ3) is 5.95. The van der Waals surface area contributed by atoms with Crippen molar-refractivity contribution in [1.29, 1.82) is 0 Å². The van der Waals surface area contributed by atoms with Crippen molar-refractivity contribution < 1.29 is 24.2 Å². The van der Waals surface area contributed by atoms with Gasteiger partial charge in [-0.15, -0.1) is 0 Å². The Morgan fingerprint density at radius 1 is 0.941 bits per heavy atom. The van der Waals surface area contributed by atoms with E-state index in [2.05, 4.69) is 22.8 Å². The van der Waals surface area contributed by atoms with Gasteiger partial charge in [0.1, 0.15) is 12.6 Å². The molecule has 0 bridgehead atoms. The van der Waals surface area contributed by atoms with E-state index in [-0.39, 0.29) is 31.4 Å². The standard InChI is InChI=1S/C27H34N2O5/c1-26(2,3)23(24(32)28-16-27(4,5)14-22(30)31)29-25(33)34-15-21-19-12-8-6-10-17(19)18-11-7-9-13-20(18)21/h6-13,21,23H,14-16H2,1-5H3,(H,28,32)(H,29,33)(H,30,31)/t23-/m0/s1. The zero-order valence-corrected chi connectivity index (χ0v) is 20.5. The van der Waals surface area contributed by atoms with Gasteiger partial charge < -0.3 is 20.5 Å². The van der Waals surface area contributed by atoms with Crippen molar-refractivity contribution in [2.24, 2.45) is 10.8 Å². The fourth-order valence-electron chi connectivity index (χ4n) is 4.33. The Balaban J connectivity index is 1.65. The first-order valence-electron chi connectivity index (χ1n) is 11.5. The number of hydrogen-bond acceptors (Lipinski definition) is 4. The molecule has 0 saturated heterocycles. The highest BCUT2D eigenvalue weighted by Gasteiger charge is 2.35. The molecule has 3 N–H and O–H groups in total. The molecule has 2 aromatic carbocycles. The number of aliphatic carboxylic acids is 1. The maximum atomic E-state index is 12.9. The van der Waals surface area contributed by atoms with Crippen LogP contribution in [0.1, 0.15) is 58.1 Å². The van der Waals surface area contributed by atoms with Gasteiger partial charge in [-0.05, 0) is 33.1 Å². The molecule has 1 aliphatic carbocycles. The molecule has 0 aliphatic heterocycles. The minimum Gasteiger partial charge on any atom is -0.481 e. The molecule has 0 aromatic heterocycles. The Kier molecular flexibility index (Phi) is 7.34. The summed E-state index contributed by atoms with van der Waals surface area (Å²) in [5.74, 6) is -1.38. The summed E-state index contributed by atoms with van der Waals surface area (Å²) in [6.07, 6.45) is -0.741. The summed E-state index contributed by atoms with van der Waals surface area (Å²) in [5, 5.41) is 14.6. The first-order valence-corrected chi connectivity index (χ1v) is 11.5. The molecule has 3 rings (SSSR count). The van der Waals surface area contributed by atoms with Crippen LogP contribution in [-0.4, -0.2) is 42.3 Å². The third-order valence-corrected chi connectivity index (χ3v) is 6.11. The lowest BCUT2D eigenvalue weighted by atomic mass is 9.85. The third-order valence-electron chi connectivity index (χ3n) is 6.11. The second kappa shape index (κ2) is 9.87. The van der Waals surface area contributed by atoms with Gasteiger partial charge in [-0.2, -0.15) is 0 Å². The molecule has 0 spiro atoms. The number of hydrogen-bond donors (Lipinski definition) is 3. The average Bonchev–Trinajstić information content (AvgIpc) is 3.06. The van der Waals surface area contributed by atoms with Gasteiger partial charge >= 0.3 is 12.1 Å². The van der Waals surface area contributed by atoms with Crippen LogP contribution < -0.4 is 10.6 Å². The largest absolute Gasteiger partial charge is 0.481 e. The van der Waals surface area contributed by atoms with Crippen LogP contribution >= 0.6 is 0 Å². The van der Waals surface area contributed by atoms with Crippen LogP contribution in [-0.2, 0) is 14.3 Å². The number of fused-ring (bicyclic) bond motifs is 3. The monoisotopic (exact) mass is 466 g/mol. The highest BCUT2D eigenvalue weighted by molar-refractivity contribution is 5.86. The van der Waals surface area contributed by atoms with Crippen LogP contribution in [0.5, 0.6) is 0 Å². The van der Waals surface area contributed by atoms with Gasteiger partial charge in [0, 0.05) is 12.5 Å². The van der Waals surface area contributed by atoms with E-state index < -0.39 is 28.9 Å². The normalized spacial score (nSPS) is 14.0. The summed E-state index contributed by atoms with van der Waals surface area (Å²) >= 11 is 0. The van der Waals surface area contributed by atoms with Crippen molar-refractivity contribution in [2.45, 2.75) is 53.0 Å². The number of carbonyl (C=O) groups excluding carboxylic acids is 2. The van der Waals surface area contributed by atoms with Crippen molar-refractivity contribution in [3.8, 4) is 11.1 Å². The molecule has 7 nitrogen and oxygen atoms in total. The summed E-state index contributed by atoms with van der Waals surface area (Å²) in [6.45, 7) is 9.43. The van der Waals surface area contributed by atoms with Gasteiger partial charge in [0.15, 0.2) is 0 Å². The highest BCUT2D eigenvalue weighted by atomic mass is 16.5. The molecule has 2 aromatic rings. The Labute approximate surface area is 200 Å². The number of benzene rings is 2. The molecule has 1 aliphatic rings. The van der Waals surface area contributed by atoms with E-state index in [9.17, 15) is 14.4 Å². The van der Waals surface area contributed by atoms with E-state index in [1.807, 2.05) is 57.2 Å². The van der Waals surface area contributed by atoms with Crippen LogP contribution in [0.3, 0.4) is 0 Å². The number of alkyl carbamates (subject to hydrolysis) is 1. The van der Waals surface area contributed by atoms with Crippen LogP contribution in [0.4, 0.5) is 4.79 Å². The first-order chi connectivity index (χ1) is 15.9. The van der Waals surface area contributed by atoms with E-state index in [0.717, 1.165) is 22.3 Å². The van der Waals surface area contributed by atoms with Crippen molar-refractivity contribution >= 4 is 18.0 Å². The number of amides is 2. The molecule has 1 atom stereocenters. The number of carbonyl (C=O) groups is 3. The molecule has 0 unspecified atom stereocenters. The molecule has 7 heteroatoms. The van der Waals surface area contributed by atoms with Gasteiger partial charge in [0.05, 0.1) is 6.42 Å². The average molecular weight is 467 g/mol. The Bertz CT molecular complexity index is 1030. The van der Waals surface area contributed by atoms with Gasteiger partial charge in [-0.3, -0.25) is 9.59 Å². The quantitative estimate of drug-likeness (QED) is 0.529. The molecule has 0 heterocycles. The van der Waals surface area contributed by atoms with E-state index in [1.165, 1.54) is 0 Å². The lowest BCUT2D eigenvalue weighted by Gasteiger charge is -2.31. The van der Waals surface area contributed by atoms with Crippen molar-refractivity contribution in [3.05, 3.63) is 59.7 Å². The summed E-state index contributed by atoms with van der Waals surface area (Å²) < 4.78 is 5.61. The Morgan fingerprint density at radius 3 is 1.97 bits per heavy atom. The number of carboxylic acid groups (broad SMARTS) is 1. The van der Waals surface area contributed by atoms with E-state index in [1.54, 1.807) is 13.8 Å². The number of ether oxygens (including phenoxy) is 1. The summed E-state index contributed by atoms with van der Waals surface area (Å²) in [5.41, 5.74) is 3.32. The molecule has 34 heavy (non-hydrogen) atoms. The van der Waals surface area contributed by atoms with Crippen molar-refractivity contribution in [3.63, 3.8) is 0 Å². The minimum absolute atomic E-state index is 0.0723. The van der Waals surface area contributed by atoms with E-state index in [4.69, 9.17) is 9.84 Å². The van der Waals surface area contributed by atoms with Crippen molar-refractivity contribution in [1.82, 2.24) is 10.6 Å². The van der Waals surface area contributed by atoms with Crippen LogP contribution in [0, 0.1) is 10.8 Å². The number of nitrogens with one attached hydrogen (secondary N) is 2. The second-order valence-electron chi connectivity index (χ2n) is 10.7. The SMILES string of the molecule is CC(C)(CNC(=O)[C@H](NC(=O)OCC1c2ccccc2-c2ccccc21)C(C)(C)C)CC(=O)O. The predicted octanol–water partition coefficient (Wildman–Crippen LogP) is 4.56. The minimum atomic E-state index is -0.927. The molecular weight excluding hydrogens is 432 g/mol. The van der Waals surface area contributed by atoms with Crippen LogP contribution in [0.25, 0.3) is 11.1 Å². The Hall–Kier alpha value is -3.35. The first kappa shape index (κ1) is 25.3. The lowest BCUT2D eigenvalue weighted by molar-refractivity contribution is -0.139. The molecule has 0 saturated carbocycles. The maximum absolute atomic E-state index is 12.9. The lowest BCUT2D eigenvalue weighted by Crippen LogP contribution is -2.55. The molecule has 0 radical (unpaired) electrons. The van der Waals surface area contributed by atoms with Gasteiger partial charge in [0.25, 0.3) is 0 Å². The number of rotatable bonds is 8. The molecule has 182 valence electrons. The van der Waals surface area contributed by atoms with E-state index >= 15 is 0 Å². The van der Waals surface area contributed by atoms with Gasteiger partial charge in [-0.1, -0.05) is 83.1 Å². The van der Waals surface area contributed by atoms with Crippen LogP contribution in [0.2, 0.25) is 0 Å². The fraction of sp³-hybridized carbons (Fsp3) is 0.444. The predicted molar refractivity (Wildman–Crippen MR) is 130 cm³/mol. The molecule has 2 amide bonds. The molecular formula is C27H34N2O5. The van der Waals surface area contributed by atoms with E-state index in [0.29, 0.717) is 0 Å². The highest BCUT2D eigenvalue weighted by Crippen LogP contribution is 2.44. The summed E-state index contributed by atoms with van der Waals surface area (Å²) in [7, 11) is 0. The smallest absolute Gasteiger partial charge is 0.407 e. The van der Waals surface area contributed by atoms with Gasteiger partial charge in [-0.25, -0.2) is 4.79 Å². The van der Waals surface area contributed by atoms with Gasteiger partial charge in [0.2, 0.25) is 5.91 Å². The maximum Gasteiger partial charge on any atom is 0.407 e. The zero-order chi connectivity index (χ0) is 25.1. The Morgan fingerprint density at radius 2 is 1.47 bits per heavy atom. The molecule has 0 fully saturated rings. The summed E-state index contributed by atoms with van der Waals surface area (Å²) in [4.78, 5) is 36.7. The second-order valence-corrected chi connectivity index (χ2v) is 10.7. The fourth-order valence-corrected chi connectivity index (χ4v) is 4.33. The number of carboxylic acids is 1. The zero-order valence-electron chi connectivity index (χ0n) is 20.5.